The number of hydrogen-bond donors (Lipinski definition) is 6. The monoisotopic (exact) mass is 1510 g/mol. The summed E-state index contributed by atoms with van der Waals surface area (Å²) in [4.78, 5) is 88.1. The molecule has 0 radical (unpaired) electrons. The standard InChI is InChI=1S/C63H123N7O15S9/c1-10-13-16-19-22-25-28-31-43-86-89-46-34-55(71)68(49-92(77,78)79)58(52(4)5)61(74)64-37-40-67(41-38-65-62(75)59(53(6)7)69(50-93(80,81)82)56(72)35-47-90-87-44-32-29-26-23-20-17-14-11-2)42-39-66-63(76)60(54(8)9)70(51-94(83,84)85)57(73)36-48-91-88-45-33-30-27-24-21-18-15-12-3/h52-54,58-60H,10-51H2,1-9H3,(H,64,74)(H,65,75)(H,66,76)(H,77,78,79)(H,80,81,82)(H,83,84,85). The van der Waals surface area contributed by atoms with Crippen molar-refractivity contribution in [3.05, 3.63) is 0 Å². The SMILES string of the molecule is CCCCCCCCCCSSCCC(=O)N(CS(=O)(=O)O)C(C(=O)NCCN(CCNC(=O)C(C(C)C)N(CS(=O)(=O)O)C(=O)CCSSCCCCCCCCCC)CCNC(=O)C(C(C)C)N(CS(=O)(=O)O)C(=O)CCSSCCCCCCCCCC)C(C)C. The Bertz CT molecular complexity index is 2150. The molecule has 3 unspecified atom stereocenters. The van der Waals surface area contributed by atoms with E-state index in [0.717, 1.165) is 70.5 Å². The molecule has 0 saturated carbocycles. The van der Waals surface area contributed by atoms with Crippen LogP contribution in [0.15, 0.2) is 0 Å². The Labute approximate surface area is 592 Å². The molecule has 31 heteroatoms. The zero-order chi connectivity index (χ0) is 70.8. The Kier molecular flexibility index (Phi) is 55.4. The zero-order valence-corrected chi connectivity index (χ0v) is 65.7. The van der Waals surface area contributed by atoms with Crippen molar-refractivity contribution in [1.29, 1.82) is 0 Å². The number of carbonyl (C=O) groups excluding carboxylic acids is 6. The van der Waals surface area contributed by atoms with Gasteiger partial charge in [-0.3, -0.25) is 47.3 Å². The molecule has 0 heterocycles. The van der Waals surface area contributed by atoms with E-state index in [1.54, 1.807) is 78.8 Å². The molecule has 0 aromatic heterocycles. The summed E-state index contributed by atoms with van der Waals surface area (Å²) in [7, 11) is -5.07. The Morgan fingerprint density at radius 3 is 0.734 bits per heavy atom. The lowest BCUT2D eigenvalue weighted by Crippen LogP contribution is -2.56. The van der Waals surface area contributed by atoms with Gasteiger partial charge in [-0.15, -0.1) is 0 Å². The van der Waals surface area contributed by atoms with Crippen molar-refractivity contribution in [2.45, 2.75) is 254 Å². The molecule has 6 N–H and O–H groups in total. The number of hydrogen-bond acceptors (Lipinski definition) is 19. The van der Waals surface area contributed by atoms with Crippen LogP contribution in [-0.2, 0) is 59.1 Å². The fourth-order valence-corrected chi connectivity index (χ4v) is 18.9. The highest BCUT2D eigenvalue weighted by atomic mass is 33.1. The lowest BCUT2D eigenvalue weighted by atomic mass is 10.0. The third-order valence-corrected chi connectivity index (χ3v) is 24.7. The minimum Gasteiger partial charge on any atom is -0.353 e. The first-order valence-corrected chi connectivity index (χ1v) is 46.8. The van der Waals surface area contributed by atoms with Crippen LogP contribution in [0.1, 0.15) is 236 Å². The van der Waals surface area contributed by atoms with Gasteiger partial charge in [0.1, 0.15) is 35.8 Å². The first-order valence-electron chi connectivity index (χ1n) is 34.5. The minimum absolute atomic E-state index is 0.0205. The van der Waals surface area contributed by atoms with Gasteiger partial charge in [0.05, 0.1) is 0 Å². The van der Waals surface area contributed by atoms with E-state index in [2.05, 4.69) is 36.7 Å². The Morgan fingerprint density at radius 2 is 0.532 bits per heavy atom. The average Bonchev–Trinajstić information content (AvgIpc) is 0.870. The third-order valence-electron chi connectivity index (χ3n) is 15.4. The molecule has 0 aliphatic rings. The van der Waals surface area contributed by atoms with Crippen LogP contribution in [0.3, 0.4) is 0 Å². The predicted molar refractivity (Wildman–Crippen MR) is 398 cm³/mol. The van der Waals surface area contributed by atoms with Gasteiger partial charge in [0.15, 0.2) is 0 Å². The Balaban J connectivity index is 6.50. The third kappa shape index (κ3) is 49.2. The van der Waals surface area contributed by atoms with Crippen LogP contribution < -0.4 is 16.0 Å². The van der Waals surface area contributed by atoms with Gasteiger partial charge >= 0.3 is 0 Å². The lowest BCUT2D eigenvalue weighted by molar-refractivity contribution is -0.141. The summed E-state index contributed by atoms with van der Waals surface area (Å²) in [6, 6.07) is -3.98. The van der Waals surface area contributed by atoms with Crippen LogP contribution in [0.25, 0.3) is 0 Å². The highest BCUT2D eigenvalue weighted by molar-refractivity contribution is 8.77. The van der Waals surface area contributed by atoms with E-state index in [4.69, 9.17) is 0 Å². The summed E-state index contributed by atoms with van der Waals surface area (Å²) < 4.78 is 104. The average molecular weight is 1510 g/mol. The number of unbranched alkanes of at least 4 members (excludes halogenated alkanes) is 21. The summed E-state index contributed by atoms with van der Waals surface area (Å²) in [5.41, 5.74) is 0. The molecule has 0 aliphatic carbocycles. The number of rotatable bonds is 63. The molecule has 94 heavy (non-hydrogen) atoms. The normalized spacial score (nSPS) is 13.1. The molecule has 0 bridgehead atoms. The second-order valence-corrected chi connectivity index (χ2v) is 37.5. The van der Waals surface area contributed by atoms with Crippen molar-refractivity contribution in [3.63, 3.8) is 0 Å². The quantitative estimate of drug-likeness (QED) is 0.0187. The van der Waals surface area contributed by atoms with Gasteiger partial charge < -0.3 is 30.7 Å². The summed E-state index contributed by atoms with van der Waals surface area (Å²) in [6.45, 7) is 16.1. The van der Waals surface area contributed by atoms with Gasteiger partial charge in [0, 0.05) is 93.0 Å². The van der Waals surface area contributed by atoms with E-state index < -0.39 is 119 Å². The molecule has 0 rings (SSSR count). The van der Waals surface area contributed by atoms with Crippen molar-refractivity contribution in [1.82, 2.24) is 35.6 Å². The van der Waals surface area contributed by atoms with Crippen molar-refractivity contribution in [3.8, 4) is 0 Å². The predicted octanol–water partition coefficient (Wildman–Crippen LogP) is 12.5. The minimum atomic E-state index is -4.79. The van der Waals surface area contributed by atoms with E-state index in [0.29, 0.717) is 17.3 Å². The summed E-state index contributed by atoms with van der Waals surface area (Å²) >= 11 is 0. The Morgan fingerprint density at radius 1 is 0.330 bits per heavy atom. The summed E-state index contributed by atoms with van der Waals surface area (Å²) in [5.74, 6) is -5.60. The maximum atomic E-state index is 14.1. The van der Waals surface area contributed by atoms with Crippen LogP contribution in [0.2, 0.25) is 0 Å². The molecule has 0 fully saturated rings. The van der Waals surface area contributed by atoms with Gasteiger partial charge in [-0.25, -0.2) is 0 Å². The maximum absolute atomic E-state index is 14.1. The van der Waals surface area contributed by atoms with Crippen molar-refractivity contribution in [2.75, 3.05) is 91.4 Å². The summed E-state index contributed by atoms with van der Waals surface area (Å²) in [5, 5.41) is 8.37. The van der Waals surface area contributed by atoms with E-state index in [1.165, 1.54) is 148 Å². The second kappa shape index (κ2) is 56.3. The molecule has 0 spiro atoms. The van der Waals surface area contributed by atoms with E-state index >= 15 is 0 Å². The molecule has 22 nitrogen and oxygen atoms in total. The highest BCUT2D eigenvalue weighted by Crippen LogP contribution is 2.28. The fraction of sp³-hybridized carbons (Fsp3) is 0.905. The first-order chi connectivity index (χ1) is 44.5. The smallest absolute Gasteiger partial charge is 0.283 e. The molecule has 0 aromatic rings. The van der Waals surface area contributed by atoms with E-state index in [-0.39, 0.29) is 58.5 Å². The topological polar surface area (TPSA) is 315 Å². The molecular weight excluding hydrogens is 1380 g/mol. The number of carbonyl (C=O) groups is 6. The zero-order valence-electron chi connectivity index (χ0n) is 58.4. The van der Waals surface area contributed by atoms with Crippen LogP contribution in [0, 0.1) is 17.8 Å². The largest absolute Gasteiger partial charge is 0.353 e. The number of nitrogens with one attached hydrogen (secondary N) is 3. The highest BCUT2D eigenvalue weighted by Gasteiger charge is 2.38. The van der Waals surface area contributed by atoms with Crippen LogP contribution in [-0.4, -0.2) is 203 Å². The first kappa shape index (κ1) is 92.6. The van der Waals surface area contributed by atoms with Crippen LogP contribution in [0.5, 0.6) is 0 Å². The van der Waals surface area contributed by atoms with Crippen LogP contribution in [0.4, 0.5) is 0 Å². The summed E-state index contributed by atoms with van der Waals surface area (Å²) in [6.07, 6.45) is 28.1. The number of amides is 6. The van der Waals surface area contributed by atoms with Gasteiger partial charge in [0.2, 0.25) is 35.4 Å². The van der Waals surface area contributed by atoms with E-state index in [1.807, 2.05) is 0 Å². The van der Waals surface area contributed by atoms with Crippen molar-refractivity contribution in [2.24, 2.45) is 17.8 Å². The molecule has 3 atom stereocenters. The van der Waals surface area contributed by atoms with E-state index in [9.17, 15) is 67.7 Å². The maximum Gasteiger partial charge on any atom is 0.283 e. The van der Waals surface area contributed by atoms with Crippen molar-refractivity contribution < 1.29 is 67.7 Å². The lowest BCUT2D eigenvalue weighted by Gasteiger charge is -2.33. The van der Waals surface area contributed by atoms with Gasteiger partial charge in [-0.1, -0.05) is 262 Å². The molecule has 0 aromatic carbocycles. The number of nitrogens with zero attached hydrogens (tertiary/aromatic N) is 4. The van der Waals surface area contributed by atoms with Gasteiger partial charge in [0.25, 0.3) is 30.4 Å². The molecule has 0 aliphatic heterocycles. The molecule has 6 amide bonds. The molecule has 554 valence electrons. The fourth-order valence-electron chi connectivity index (χ4n) is 10.6. The van der Waals surface area contributed by atoms with Crippen LogP contribution >= 0.6 is 64.8 Å². The molecule has 0 saturated heterocycles. The second-order valence-electron chi connectivity index (χ2n) is 25.1. The van der Waals surface area contributed by atoms with Crippen molar-refractivity contribution >= 4 is 131 Å². The van der Waals surface area contributed by atoms with Gasteiger partial charge in [-0.2, -0.15) is 25.3 Å². The molecular formula is C63H123N7O15S9. The van der Waals surface area contributed by atoms with Gasteiger partial charge in [-0.05, 0) is 37.0 Å². The Hall–Kier alpha value is -1.39.